The van der Waals surface area contributed by atoms with Gasteiger partial charge in [-0.15, -0.1) is 0 Å². The van der Waals surface area contributed by atoms with Gasteiger partial charge in [-0.2, -0.15) is 0 Å². The lowest BCUT2D eigenvalue weighted by Gasteiger charge is -2.12. The summed E-state index contributed by atoms with van der Waals surface area (Å²) in [6, 6.07) is 7.17. The molecule has 1 atom stereocenters. The van der Waals surface area contributed by atoms with Gasteiger partial charge in [-0.05, 0) is 42.8 Å². The average molecular weight is 383 g/mol. The van der Waals surface area contributed by atoms with E-state index in [1.165, 1.54) is 37.4 Å². The summed E-state index contributed by atoms with van der Waals surface area (Å²) >= 11 is 11.5. The predicted molar refractivity (Wildman–Crippen MR) is 93.9 cm³/mol. The number of aromatic nitrogens is 1. The van der Waals surface area contributed by atoms with Gasteiger partial charge >= 0.3 is 5.97 Å². The van der Waals surface area contributed by atoms with Crippen molar-refractivity contribution < 1.29 is 18.7 Å². The highest BCUT2D eigenvalue weighted by Gasteiger charge is 2.17. The first-order valence-corrected chi connectivity index (χ1v) is 7.87. The van der Waals surface area contributed by atoms with E-state index in [4.69, 9.17) is 27.9 Å². The van der Waals surface area contributed by atoms with Crippen molar-refractivity contribution in [2.24, 2.45) is 0 Å². The SMILES string of the molecule is C[C@H](OC(=O)/C=C/c1ccc(F)c(Cl)c1)C(=O)Nc1cccnc1Cl. The molecule has 0 saturated carbocycles. The predicted octanol–water partition coefficient (Wildman–Crippen LogP) is 4.11. The molecule has 2 rings (SSSR count). The summed E-state index contributed by atoms with van der Waals surface area (Å²) in [5.41, 5.74) is 0.830. The minimum atomic E-state index is -1.05. The van der Waals surface area contributed by atoms with E-state index in [2.05, 4.69) is 10.3 Å². The highest BCUT2D eigenvalue weighted by atomic mass is 35.5. The number of benzene rings is 1. The van der Waals surface area contributed by atoms with E-state index in [0.717, 1.165) is 6.08 Å². The number of carbonyl (C=O) groups excluding carboxylic acids is 2. The monoisotopic (exact) mass is 382 g/mol. The van der Waals surface area contributed by atoms with Crippen molar-refractivity contribution in [2.45, 2.75) is 13.0 Å². The number of hydrogen-bond acceptors (Lipinski definition) is 4. The van der Waals surface area contributed by atoms with Crippen LogP contribution in [-0.2, 0) is 14.3 Å². The lowest BCUT2D eigenvalue weighted by atomic mass is 10.2. The molecule has 0 aliphatic rings. The van der Waals surface area contributed by atoms with Gasteiger partial charge in [-0.25, -0.2) is 14.2 Å². The fourth-order valence-corrected chi connectivity index (χ4v) is 2.12. The molecule has 0 unspecified atom stereocenters. The van der Waals surface area contributed by atoms with Crippen molar-refractivity contribution in [2.75, 3.05) is 5.32 Å². The van der Waals surface area contributed by atoms with E-state index in [1.54, 1.807) is 12.1 Å². The molecule has 0 bridgehead atoms. The van der Waals surface area contributed by atoms with E-state index in [-0.39, 0.29) is 10.2 Å². The number of ether oxygens (including phenoxy) is 1. The summed E-state index contributed by atoms with van der Waals surface area (Å²) in [6.07, 6.45) is 2.94. The molecule has 5 nitrogen and oxygen atoms in total. The maximum Gasteiger partial charge on any atom is 0.331 e. The molecule has 1 amide bonds. The zero-order valence-corrected chi connectivity index (χ0v) is 14.5. The lowest BCUT2D eigenvalue weighted by Crippen LogP contribution is -2.29. The van der Waals surface area contributed by atoms with Gasteiger partial charge in [0.05, 0.1) is 10.7 Å². The van der Waals surface area contributed by atoms with Crippen LogP contribution in [0.2, 0.25) is 10.2 Å². The summed E-state index contributed by atoms with van der Waals surface area (Å²) < 4.78 is 18.1. The number of carbonyl (C=O) groups is 2. The molecule has 2 aromatic rings. The number of hydrogen-bond donors (Lipinski definition) is 1. The molecule has 1 N–H and O–H groups in total. The van der Waals surface area contributed by atoms with E-state index >= 15 is 0 Å². The van der Waals surface area contributed by atoms with E-state index in [0.29, 0.717) is 11.3 Å². The number of halogens is 3. The highest BCUT2D eigenvalue weighted by Crippen LogP contribution is 2.18. The van der Waals surface area contributed by atoms with Gasteiger partial charge in [0.2, 0.25) is 0 Å². The van der Waals surface area contributed by atoms with Crippen LogP contribution in [0.25, 0.3) is 6.08 Å². The van der Waals surface area contributed by atoms with Gasteiger partial charge in [0.1, 0.15) is 5.82 Å². The molecular formula is C17H13Cl2FN2O3. The molecule has 0 aliphatic heterocycles. The molecule has 25 heavy (non-hydrogen) atoms. The summed E-state index contributed by atoms with van der Waals surface area (Å²) in [6.45, 7) is 1.42. The van der Waals surface area contributed by atoms with Crippen molar-refractivity contribution in [1.82, 2.24) is 4.98 Å². The molecule has 0 spiro atoms. The average Bonchev–Trinajstić information content (AvgIpc) is 2.58. The van der Waals surface area contributed by atoms with Crippen molar-refractivity contribution in [3.05, 3.63) is 64.2 Å². The van der Waals surface area contributed by atoms with Gasteiger partial charge in [0, 0.05) is 12.3 Å². The van der Waals surface area contributed by atoms with Crippen LogP contribution in [0.1, 0.15) is 12.5 Å². The molecule has 0 aliphatic carbocycles. The van der Waals surface area contributed by atoms with Crippen LogP contribution in [0.3, 0.4) is 0 Å². The van der Waals surface area contributed by atoms with Crippen LogP contribution in [0.5, 0.6) is 0 Å². The molecule has 0 radical (unpaired) electrons. The van der Waals surface area contributed by atoms with Gasteiger partial charge in [0.25, 0.3) is 5.91 Å². The van der Waals surface area contributed by atoms with E-state index in [9.17, 15) is 14.0 Å². The van der Waals surface area contributed by atoms with Gasteiger partial charge in [-0.1, -0.05) is 29.3 Å². The van der Waals surface area contributed by atoms with Gasteiger partial charge < -0.3 is 10.1 Å². The molecule has 0 fully saturated rings. The van der Waals surface area contributed by atoms with E-state index in [1.807, 2.05) is 0 Å². The fraction of sp³-hybridized carbons (Fsp3) is 0.118. The van der Waals surface area contributed by atoms with Crippen LogP contribution < -0.4 is 5.32 Å². The highest BCUT2D eigenvalue weighted by molar-refractivity contribution is 6.32. The fourth-order valence-electron chi connectivity index (χ4n) is 1.76. The number of nitrogens with one attached hydrogen (secondary N) is 1. The summed E-state index contributed by atoms with van der Waals surface area (Å²) in [4.78, 5) is 27.6. The van der Waals surface area contributed by atoms with Crippen molar-refractivity contribution in [1.29, 1.82) is 0 Å². The number of pyridine rings is 1. The number of anilines is 1. The second kappa shape index (κ2) is 8.60. The van der Waals surface area contributed by atoms with Crippen LogP contribution in [0.15, 0.2) is 42.6 Å². The van der Waals surface area contributed by atoms with Crippen LogP contribution in [0, 0.1) is 5.82 Å². The maximum absolute atomic E-state index is 13.1. The first-order valence-electron chi connectivity index (χ1n) is 7.12. The number of nitrogens with zero attached hydrogens (tertiary/aromatic N) is 1. The third kappa shape index (κ3) is 5.55. The molecule has 1 aromatic heterocycles. The van der Waals surface area contributed by atoms with Crippen LogP contribution >= 0.6 is 23.2 Å². The molecule has 1 aromatic carbocycles. The molecule has 130 valence electrons. The lowest BCUT2D eigenvalue weighted by molar-refractivity contribution is -0.148. The van der Waals surface area contributed by atoms with Crippen molar-refractivity contribution >= 4 is 46.8 Å². The number of rotatable bonds is 5. The Morgan fingerprint density at radius 2 is 2.08 bits per heavy atom. The standard InChI is InChI=1S/C17H13Cl2FN2O3/c1-10(17(24)22-14-3-2-8-21-16(14)19)25-15(23)7-5-11-4-6-13(20)12(18)9-11/h2-10H,1H3,(H,22,24)/b7-5+/t10-/m0/s1. The van der Waals surface area contributed by atoms with Crippen LogP contribution in [-0.4, -0.2) is 23.0 Å². The minimum Gasteiger partial charge on any atom is -0.449 e. The van der Waals surface area contributed by atoms with Crippen molar-refractivity contribution in [3.8, 4) is 0 Å². The second-order valence-corrected chi connectivity index (χ2v) is 5.68. The maximum atomic E-state index is 13.1. The molecule has 8 heteroatoms. The topological polar surface area (TPSA) is 68.3 Å². The first kappa shape index (κ1) is 18.9. The minimum absolute atomic E-state index is 0.0587. The summed E-state index contributed by atoms with van der Waals surface area (Å²) in [5, 5.41) is 2.58. The molecule has 0 saturated heterocycles. The zero-order valence-electron chi connectivity index (χ0n) is 13.0. The first-order chi connectivity index (χ1) is 11.9. The zero-order chi connectivity index (χ0) is 18.4. The third-order valence-corrected chi connectivity index (χ3v) is 3.63. The van der Waals surface area contributed by atoms with Crippen molar-refractivity contribution in [3.63, 3.8) is 0 Å². The van der Waals surface area contributed by atoms with E-state index < -0.39 is 23.8 Å². The summed E-state index contributed by atoms with van der Waals surface area (Å²) in [7, 11) is 0. The van der Waals surface area contributed by atoms with Gasteiger partial charge in [-0.3, -0.25) is 4.79 Å². The normalized spacial score (nSPS) is 12.0. The van der Waals surface area contributed by atoms with Gasteiger partial charge in [0.15, 0.2) is 11.3 Å². The second-order valence-electron chi connectivity index (χ2n) is 4.92. The Hall–Kier alpha value is -2.44. The Morgan fingerprint density at radius 1 is 1.32 bits per heavy atom. The Morgan fingerprint density at radius 3 is 2.76 bits per heavy atom. The largest absolute Gasteiger partial charge is 0.449 e. The Labute approximate surface area is 153 Å². The molecule has 1 heterocycles. The quantitative estimate of drug-likeness (QED) is 0.479. The Balaban J connectivity index is 1.92. The Kier molecular flexibility index (Phi) is 6.50. The summed E-state index contributed by atoms with van der Waals surface area (Å²) in [5.74, 6) is -1.84. The molecular weight excluding hydrogens is 370 g/mol. The van der Waals surface area contributed by atoms with Crippen LogP contribution in [0.4, 0.5) is 10.1 Å². The Bertz CT molecular complexity index is 827. The number of esters is 1. The third-order valence-electron chi connectivity index (χ3n) is 3.03. The smallest absolute Gasteiger partial charge is 0.331 e. The number of amides is 1.